The molecule has 0 fully saturated rings. The van der Waals surface area contributed by atoms with Gasteiger partial charge in [0.1, 0.15) is 12.4 Å². The van der Waals surface area contributed by atoms with Gasteiger partial charge in [-0.3, -0.25) is 4.79 Å². The summed E-state index contributed by atoms with van der Waals surface area (Å²) in [6.07, 6.45) is 0. The van der Waals surface area contributed by atoms with Crippen LogP contribution in [0.25, 0.3) is 17.0 Å². The lowest BCUT2D eigenvalue weighted by molar-refractivity contribution is 0.0942. The molecule has 0 bridgehead atoms. The number of hydrogen-bond donors (Lipinski definition) is 1. The van der Waals surface area contributed by atoms with Crippen LogP contribution in [0, 0.1) is 0 Å². The number of nitrogens with one attached hydrogen (secondary N) is 1. The van der Waals surface area contributed by atoms with E-state index in [0.717, 1.165) is 5.56 Å². The maximum absolute atomic E-state index is 12.6. The van der Waals surface area contributed by atoms with Crippen LogP contribution in [0.2, 0.25) is 0 Å². The Morgan fingerprint density at radius 2 is 1.70 bits per heavy atom. The Labute approximate surface area is 190 Å². The standard InChI is InChI=1S/C23H23N5O5/c1-30-17-9-5-4-7-15(17)22-26-25-19-11-12-20(27-28(19)22)33-14-13-24-23(29)16-8-6-10-18(31-2)21(16)32-3/h4-12H,13-14H2,1-3H3,(H,24,29). The summed E-state index contributed by atoms with van der Waals surface area (Å²) in [5.41, 5.74) is 1.71. The van der Waals surface area contributed by atoms with Gasteiger partial charge in [-0.1, -0.05) is 18.2 Å². The Kier molecular flexibility index (Phi) is 6.53. The fraction of sp³-hybridized carbons (Fsp3) is 0.217. The number of rotatable bonds is 9. The van der Waals surface area contributed by atoms with Crippen molar-refractivity contribution >= 4 is 11.6 Å². The van der Waals surface area contributed by atoms with E-state index in [1.807, 2.05) is 24.3 Å². The molecule has 10 heteroatoms. The average molecular weight is 449 g/mol. The van der Waals surface area contributed by atoms with E-state index in [1.54, 1.807) is 42.0 Å². The monoisotopic (exact) mass is 449 g/mol. The largest absolute Gasteiger partial charge is 0.496 e. The van der Waals surface area contributed by atoms with E-state index in [0.29, 0.717) is 40.2 Å². The van der Waals surface area contributed by atoms with E-state index in [1.165, 1.54) is 14.2 Å². The molecule has 0 aliphatic heterocycles. The molecule has 0 radical (unpaired) electrons. The Bertz CT molecular complexity index is 1270. The molecule has 0 unspecified atom stereocenters. The number of para-hydroxylation sites is 2. The van der Waals surface area contributed by atoms with Gasteiger partial charge >= 0.3 is 0 Å². The summed E-state index contributed by atoms with van der Waals surface area (Å²) >= 11 is 0. The highest BCUT2D eigenvalue weighted by Crippen LogP contribution is 2.30. The summed E-state index contributed by atoms with van der Waals surface area (Å²) in [6.45, 7) is 0.475. The van der Waals surface area contributed by atoms with Crippen LogP contribution < -0.4 is 24.3 Å². The first-order valence-electron chi connectivity index (χ1n) is 10.1. The smallest absolute Gasteiger partial charge is 0.255 e. The molecule has 0 saturated heterocycles. The Hall–Kier alpha value is -4.34. The van der Waals surface area contributed by atoms with Crippen LogP contribution >= 0.6 is 0 Å². The van der Waals surface area contributed by atoms with Gasteiger partial charge in [0.05, 0.1) is 39.0 Å². The third-order valence-electron chi connectivity index (χ3n) is 4.87. The summed E-state index contributed by atoms with van der Waals surface area (Å²) in [7, 11) is 4.61. The molecule has 0 saturated carbocycles. The van der Waals surface area contributed by atoms with Crippen molar-refractivity contribution in [3.8, 4) is 34.5 Å². The topological polar surface area (TPSA) is 109 Å². The van der Waals surface area contributed by atoms with Gasteiger partial charge in [0.25, 0.3) is 5.91 Å². The van der Waals surface area contributed by atoms with Gasteiger partial charge < -0.3 is 24.3 Å². The van der Waals surface area contributed by atoms with Crippen LogP contribution in [0.15, 0.2) is 54.6 Å². The molecule has 0 aliphatic carbocycles. The number of fused-ring (bicyclic) bond motifs is 1. The minimum absolute atomic E-state index is 0.211. The molecule has 170 valence electrons. The number of amides is 1. The molecule has 2 aromatic heterocycles. The first kappa shape index (κ1) is 21.9. The second kappa shape index (κ2) is 9.86. The summed E-state index contributed by atoms with van der Waals surface area (Å²) in [5, 5.41) is 15.7. The van der Waals surface area contributed by atoms with E-state index >= 15 is 0 Å². The Morgan fingerprint density at radius 1 is 0.909 bits per heavy atom. The number of benzene rings is 2. The van der Waals surface area contributed by atoms with E-state index in [-0.39, 0.29) is 19.1 Å². The molecule has 4 aromatic rings. The van der Waals surface area contributed by atoms with E-state index < -0.39 is 0 Å². The second-order valence-electron chi connectivity index (χ2n) is 6.81. The van der Waals surface area contributed by atoms with Crippen LogP contribution in [0.4, 0.5) is 0 Å². The normalized spacial score (nSPS) is 10.6. The minimum Gasteiger partial charge on any atom is -0.496 e. The third-order valence-corrected chi connectivity index (χ3v) is 4.87. The summed E-state index contributed by atoms with van der Waals surface area (Å²) in [6, 6.07) is 16.1. The SMILES string of the molecule is COc1ccccc1-c1nnc2ccc(OCCNC(=O)c3cccc(OC)c3OC)nn12. The summed E-state index contributed by atoms with van der Waals surface area (Å²) in [4.78, 5) is 12.6. The molecule has 0 atom stereocenters. The van der Waals surface area contributed by atoms with Crippen molar-refractivity contribution in [3.63, 3.8) is 0 Å². The van der Waals surface area contributed by atoms with Gasteiger partial charge in [-0.25, -0.2) is 0 Å². The molecular weight excluding hydrogens is 426 g/mol. The number of aromatic nitrogens is 4. The van der Waals surface area contributed by atoms with Crippen LogP contribution in [0.3, 0.4) is 0 Å². The fourth-order valence-corrected chi connectivity index (χ4v) is 3.33. The summed E-state index contributed by atoms with van der Waals surface area (Å²) < 4.78 is 23.3. The van der Waals surface area contributed by atoms with Crippen LogP contribution in [0.5, 0.6) is 23.1 Å². The molecule has 10 nitrogen and oxygen atoms in total. The van der Waals surface area contributed by atoms with Crippen molar-refractivity contribution in [1.82, 2.24) is 25.1 Å². The zero-order valence-corrected chi connectivity index (χ0v) is 18.4. The zero-order chi connectivity index (χ0) is 23.2. The van der Waals surface area contributed by atoms with E-state index in [2.05, 4.69) is 20.6 Å². The van der Waals surface area contributed by atoms with E-state index in [4.69, 9.17) is 18.9 Å². The highest BCUT2D eigenvalue weighted by atomic mass is 16.5. The molecule has 1 amide bonds. The van der Waals surface area contributed by atoms with Crippen LogP contribution in [0.1, 0.15) is 10.4 Å². The molecular formula is C23H23N5O5. The van der Waals surface area contributed by atoms with Crippen molar-refractivity contribution in [2.24, 2.45) is 0 Å². The van der Waals surface area contributed by atoms with Gasteiger partial charge in [0, 0.05) is 6.07 Å². The van der Waals surface area contributed by atoms with Crippen LogP contribution in [-0.2, 0) is 0 Å². The number of carbonyl (C=O) groups is 1. The van der Waals surface area contributed by atoms with Gasteiger partial charge in [0.15, 0.2) is 23.0 Å². The van der Waals surface area contributed by atoms with Gasteiger partial charge in [0.2, 0.25) is 5.88 Å². The van der Waals surface area contributed by atoms with Gasteiger partial charge in [-0.05, 0) is 30.3 Å². The number of carbonyl (C=O) groups excluding carboxylic acids is 1. The predicted octanol–water partition coefficient (Wildman–Crippen LogP) is 2.63. The van der Waals surface area contributed by atoms with Crippen molar-refractivity contribution in [2.45, 2.75) is 0 Å². The Balaban J connectivity index is 1.43. The van der Waals surface area contributed by atoms with Crippen molar-refractivity contribution in [2.75, 3.05) is 34.5 Å². The fourth-order valence-electron chi connectivity index (χ4n) is 3.33. The molecule has 33 heavy (non-hydrogen) atoms. The lowest BCUT2D eigenvalue weighted by Gasteiger charge is -2.12. The molecule has 2 heterocycles. The predicted molar refractivity (Wildman–Crippen MR) is 120 cm³/mol. The molecule has 4 rings (SSSR count). The maximum Gasteiger partial charge on any atom is 0.255 e. The second-order valence-corrected chi connectivity index (χ2v) is 6.81. The molecule has 0 spiro atoms. The van der Waals surface area contributed by atoms with Gasteiger partial charge in [-0.2, -0.15) is 4.52 Å². The molecule has 2 aromatic carbocycles. The number of nitrogens with zero attached hydrogens (tertiary/aromatic N) is 4. The zero-order valence-electron chi connectivity index (χ0n) is 18.4. The quantitative estimate of drug-likeness (QED) is 0.389. The van der Waals surface area contributed by atoms with Crippen LogP contribution in [-0.4, -0.2) is 60.2 Å². The van der Waals surface area contributed by atoms with Crippen molar-refractivity contribution in [3.05, 3.63) is 60.2 Å². The number of hydrogen-bond acceptors (Lipinski definition) is 8. The third kappa shape index (κ3) is 4.49. The van der Waals surface area contributed by atoms with Crippen molar-refractivity contribution in [1.29, 1.82) is 0 Å². The molecule has 0 aliphatic rings. The minimum atomic E-state index is -0.296. The maximum atomic E-state index is 12.6. The highest BCUT2D eigenvalue weighted by molar-refractivity contribution is 5.97. The number of methoxy groups -OCH3 is 3. The lowest BCUT2D eigenvalue weighted by atomic mass is 10.1. The Morgan fingerprint density at radius 3 is 2.48 bits per heavy atom. The first-order chi connectivity index (χ1) is 16.2. The lowest BCUT2D eigenvalue weighted by Crippen LogP contribution is -2.28. The first-order valence-corrected chi connectivity index (χ1v) is 10.1. The van der Waals surface area contributed by atoms with Crippen molar-refractivity contribution < 1.29 is 23.7 Å². The summed E-state index contributed by atoms with van der Waals surface area (Å²) in [5.74, 6) is 2.13. The van der Waals surface area contributed by atoms with E-state index in [9.17, 15) is 4.79 Å². The highest BCUT2D eigenvalue weighted by Gasteiger charge is 2.17. The average Bonchev–Trinajstić information content (AvgIpc) is 3.28. The van der Waals surface area contributed by atoms with Gasteiger partial charge in [-0.15, -0.1) is 15.3 Å². The number of ether oxygens (including phenoxy) is 4. The molecule has 1 N–H and O–H groups in total.